The van der Waals surface area contributed by atoms with Crippen LogP contribution in [0.3, 0.4) is 0 Å². The van der Waals surface area contributed by atoms with E-state index in [4.69, 9.17) is 0 Å². The summed E-state index contributed by atoms with van der Waals surface area (Å²) in [5.74, 6) is 1.000. The summed E-state index contributed by atoms with van der Waals surface area (Å²) in [4.78, 5) is 2.72. The molecule has 0 bridgehead atoms. The van der Waals surface area contributed by atoms with Gasteiger partial charge in [0.1, 0.15) is 0 Å². The molecule has 1 saturated carbocycles. The molecule has 14 heavy (non-hydrogen) atoms. The molecule has 1 heteroatoms. The van der Waals surface area contributed by atoms with Gasteiger partial charge in [-0.15, -0.1) is 0 Å². The fraction of sp³-hybridized carbons (Fsp3) is 1.00. The van der Waals surface area contributed by atoms with Gasteiger partial charge in [0, 0.05) is 12.1 Å². The van der Waals surface area contributed by atoms with Crippen molar-refractivity contribution in [2.75, 3.05) is 13.1 Å². The van der Waals surface area contributed by atoms with E-state index in [-0.39, 0.29) is 0 Å². The van der Waals surface area contributed by atoms with Crippen molar-refractivity contribution in [2.45, 2.75) is 58.9 Å². The Morgan fingerprint density at radius 3 is 2.50 bits per heavy atom. The summed E-state index contributed by atoms with van der Waals surface area (Å²) in [6, 6.07) is 0. The van der Waals surface area contributed by atoms with Crippen LogP contribution in [0.2, 0.25) is 0 Å². The quantitative estimate of drug-likeness (QED) is 0.653. The second kappa shape index (κ2) is 3.23. The summed E-state index contributed by atoms with van der Waals surface area (Å²) in [6.45, 7) is 12.2. The van der Waals surface area contributed by atoms with Crippen molar-refractivity contribution in [3.8, 4) is 0 Å². The highest BCUT2D eigenvalue weighted by atomic mass is 15.2. The lowest BCUT2D eigenvalue weighted by Gasteiger charge is -2.45. The Kier molecular flexibility index (Phi) is 2.42. The monoisotopic (exact) mass is 195 g/mol. The van der Waals surface area contributed by atoms with Gasteiger partial charge in [-0.2, -0.15) is 0 Å². The molecule has 1 saturated heterocycles. The molecule has 82 valence electrons. The molecule has 0 radical (unpaired) electrons. The lowest BCUT2D eigenvalue weighted by molar-refractivity contribution is 0.0516. The van der Waals surface area contributed by atoms with Gasteiger partial charge in [0.05, 0.1) is 0 Å². The molecule has 1 aliphatic heterocycles. The van der Waals surface area contributed by atoms with Crippen LogP contribution in [-0.2, 0) is 0 Å². The molecule has 2 rings (SSSR count). The van der Waals surface area contributed by atoms with E-state index in [9.17, 15) is 0 Å². The first-order valence-corrected chi connectivity index (χ1v) is 6.22. The Bertz CT molecular complexity index is 213. The molecule has 0 aromatic carbocycles. The highest BCUT2D eigenvalue weighted by Crippen LogP contribution is 2.52. The maximum absolute atomic E-state index is 2.72. The molecule has 0 aromatic rings. The van der Waals surface area contributed by atoms with Gasteiger partial charge in [-0.3, -0.25) is 4.90 Å². The minimum absolute atomic E-state index is 0.433. The third-order valence-corrected chi connectivity index (χ3v) is 4.72. The predicted molar refractivity (Wildman–Crippen MR) is 61.4 cm³/mol. The van der Waals surface area contributed by atoms with Crippen molar-refractivity contribution in [1.29, 1.82) is 0 Å². The summed E-state index contributed by atoms with van der Waals surface area (Å²) in [5.41, 5.74) is 1.17. The number of hydrogen-bond acceptors (Lipinski definition) is 1. The molecule has 2 aliphatic rings. The van der Waals surface area contributed by atoms with Gasteiger partial charge >= 0.3 is 0 Å². The standard InChI is InChI=1S/C13H25N/c1-5-12(3,4)14-7-6-13(10-14)8-11(2)9-13/h11H,5-10H2,1-4H3. The molecule has 0 N–H and O–H groups in total. The van der Waals surface area contributed by atoms with E-state index in [1.807, 2.05) is 0 Å². The zero-order valence-electron chi connectivity index (χ0n) is 10.3. The van der Waals surface area contributed by atoms with Crippen LogP contribution in [0.15, 0.2) is 0 Å². The van der Waals surface area contributed by atoms with Crippen LogP contribution >= 0.6 is 0 Å². The minimum atomic E-state index is 0.433. The zero-order chi connectivity index (χ0) is 10.4. The second-order valence-electron chi connectivity index (χ2n) is 6.35. The highest BCUT2D eigenvalue weighted by Gasteiger charge is 2.48. The number of rotatable bonds is 2. The van der Waals surface area contributed by atoms with Crippen LogP contribution < -0.4 is 0 Å². The number of nitrogens with zero attached hydrogens (tertiary/aromatic N) is 1. The molecule has 0 amide bonds. The molecule has 0 unspecified atom stereocenters. The van der Waals surface area contributed by atoms with Crippen LogP contribution in [-0.4, -0.2) is 23.5 Å². The number of hydrogen-bond donors (Lipinski definition) is 0. The SMILES string of the molecule is CCC(C)(C)N1CCC2(CC(C)C2)C1. The molecule has 0 aromatic heterocycles. The van der Waals surface area contributed by atoms with E-state index in [1.54, 1.807) is 0 Å². The predicted octanol–water partition coefficient (Wildman–Crippen LogP) is 3.30. The summed E-state index contributed by atoms with van der Waals surface area (Å²) < 4.78 is 0. The Labute approximate surface area is 88.9 Å². The Morgan fingerprint density at radius 1 is 1.36 bits per heavy atom. The average Bonchev–Trinajstić information content (AvgIpc) is 2.49. The molecule has 1 nitrogen and oxygen atoms in total. The molecule has 0 atom stereocenters. The molecule has 1 aliphatic carbocycles. The van der Waals surface area contributed by atoms with Crippen LogP contribution in [0.5, 0.6) is 0 Å². The lowest BCUT2D eigenvalue weighted by Crippen LogP contribution is -2.45. The van der Waals surface area contributed by atoms with Crippen molar-refractivity contribution in [2.24, 2.45) is 11.3 Å². The lowest BCUT2D eigenvalue weighted by atomic mass is 9.62. The maximum atomic E-state index is 2.72. The Morgan fingerprint density at radius 2 is 2.00 bits per heavy atom. The van der Waals surface area contributed by atoms with Crippen LogP contribution in [0.1, 0.15) is 53.4 Å². The van der Waals surface area contributed by atoms with Crippen molar-refractivity contribution in [3.05, 3.63) is 0 Å². The van der Waals surface area contributed by atoms with Crippen molar-refractivity contribution >= 4 is 0 Å². The second-order valence-corrected chi connectivity index (χ2v) is 6.35. The van der Waals surface area contributed by atoms with Crippen LogP contribution in [0, 0.1) is 11.3 Å². The van der Waals surface area contributed by atoms with E-state index in [0.29, 0.717) is 5.54 Å². The number of likely N-dealkylation sites (tertiary alicyclic amines) is 1. The van der Waals surface area contributed by atoms with E-state index in [1.165, 1.54) is 38.8 Å². The van der Waals surface area contributed by atoms with Crippen molar-refractivity contribution < 1.29 is 0 Å². The first-order chi connectivity index (χ1) is 6.47. The van der Waals surface area contributed by atoms with E-state index < -0.39 is 0 Å². The smallest absolute Gasteiger partial charge is 0.0150 e. The summed E-state index contributed by atoms with van der Waals surface area (Å²) in [7, 11) is 0. The zero-order valence-corrected chi connectivity index (χ0v) is 10.3. The summed E-state index contributed by atoms with van der Waals surface area (Å²) in [5, 5.41) is 0. The Hall–Kier alpha value is -0.0400. The fourth-order valence-corrected chi connectivity index (χ4v) is 3.43. The topological polar surface area (TPSA) is 3.24 Å². The molecular weight excluding hydrogens is 170 g/mol. The van der Waals surface area contributed by atoms with Gasteiger partial charge in [0.2, 0.25) is 0 Å². The van der Waals surface area contributed by atoms with Crippen molar-refractivity contribution in [1.82, 2.24) is 4.90 Å². The minimum Gasteiger partial charge on any atom is -0.298 e. The Balaban J connectivity index is 1.95. The first kappa shape index (κ1) is 10.5. The van der Waals surface area contributed by atoms with Crippen LogP contribution in [0.25, 0.3) is 0 Å². The van der Waals surface area contributed by atoms with Crippen LogP contribution in [0.4, 0.5) is 0 Å². The van der Waals surface area contributed by atoms with E-state index in [2.05, 4.69) is 32.6 Å². The summed E-state index contributed by atoms with van der Waals surface area (Å²) >= 11 is 0. The molecule has 1 heterocycles. The highest BCUT2D eigenvalue weighted by molar-refractivity contribution is 5.01. The third kappa shape index (κ3) is 1.60. The molecule has 2 fully saturated rings. The third-order valence-electron chi connectivity index (χ3n) is 4.72. The van der Waals surface area contributed by atoms with E-state index in [0.717, 1.165) is 11.3 Å². The maximum Gasteiger partial charge on any atom is 0.0150 e. The van der Waals surface area contributed by atoms with Gasteiger partial charge < -0.3 is 0 Å². The van der Waals surface area contributed by atoms with E-state index >= 15 is 0 Å². The fourth-order valence-electron chi connectivity index (χ4n) is 3.43. The van der Waals surface area contributed by atoms with Crippen molar-refractivity contribution in [3.63, 3.8) is 0 Å². The normalized spacial score (nSPS) is 39.0. The molecule has 1 spiro atoms. The largest absolute Gasteiger partial charge is 0.298 e. The average molecular weight is 195 g/mol. The van der Waals surface area contributed by atoms with Gasteiger partial charge in [-0.25, -0.2) is 0 Å². The summed E-state index contributed by atoms with van der Waals surface area (Å²) in [6.07, 6.45) is 5.71. The van der Waals surface area contributed by atoms with Gasteiger partial charge in [-0.1, -0.05) is 13.8 Å². The van der Waals surface area contributed by atoms with Gasteiger partial charge in [0.15, 0.2) is 0 Å². The van der Waals surface area contributed by atoms with Gasteiger partial charge in [0.25, 0.3) is 0 Å². The first-order valence-electron chi connectivity index (χ1n) is 6.22. The van der Waals surface area contributed by atoms with Gasteiger partial charge in [-0.05, 0) is 57.4 Å². The molecular formula is C13H25N.